The molecule has 1 aromatic heterocycles. The lowest BCUT2D eigenvalue weighted by molar-refractivity contribution is -0.117. The van der Waals surface area contributed by atoms with Crippen LogP contribution in [-0.2, 0) is 11.2 Å². The summed E-state index contributed by atoms with van der Waals surface area (Å²) in [5.41, 5.74) is 7.80. The van der Waals surface area contributed by atoms with E-state index in [0.29, 0.717) is 11.7 Å². The number of hydrogen-bond acceptors (Lipinski definition) is 3. The number of hydrogen-bond donors (Lipinski definition) is 1. The van der Waals surface area contributed by atoms with Gasteiger partial charge in [0.05, 0.1) is 0 Å². The maximum Gasteiger partial charge on any atom is 0.226 e. The van der Waals surface area contributed by atoms with Gasteiger partial charge in [-0.1, -0.05) is 60.7 Å². The van der Waals surface area contributed by atoms with Gasteiger partial charge in [0.1, 0.15) is 12.1 Å². The fraction of sp³-hybridized carbons (Fsp3) is 0.0588. The summed E-state index contributed by atoms with van der Waals surface area (Å²) in [6.07, 6.45) is -0.00727. The number of carbonyl (C=O) groups excluding carboxylic acids is 1. The Bertz CT molecular complexity index is 692. The Morgan fingerprint density at radius 2 is 1.52 bits per heavy atom. The molecule has 1 amide bonds. The molecule has 4 nitrogen and oxygen atoms in total. The monoisotopic (exact) mass is 278 g/mol. The summed E-state index contributed by atoms with van der Waals surface area (Å²) in [5, 5.41) is 0. The lowest BCUT2D eigenvalue weighted by atomic mass is 10.1. The van der Waals surface area contributed by atoms with Gasteiger partial charge in [-0.05, 0) is 0 Å². The molecule has 0 aliphatic heterocycles. The second-order valence-electron chi connectivity index (χ2n) is 4.66. The normalized spacial score (nSPS) is 10.5. The van der Waals surface area contributed by atoms with Crippen LogP contribution in [-0.4, -0.2) is 10.9 Å². The van der Waals surface area contributed by atoms with Crippen LogP contribution in [0.25, 0.3) is 22.6 Å². The third kappa shape index (κ3) is 2.84. The molecule has 0 aliphatic rings. The van der Waals surface area contributed by atoms with E-state index in [1.54, 1.807) is 0 Å². The molecule has 2 aromatic carbocycles. The average Bonchev–Trinajstić information content (AvgIpc) is 2.92. The van der Waals surface area contributed by atoms with Crippen molar-refractivity contribution in [3.63, 3.8) is 0 Å². The Labute approximate surface area is 122 Å². The van der Waals surface area contributed by atoms with E-state index in [2.05, 4.69) is 4.98 Å². The molecule has 1 heterocycles. The molecule has 0 aliphatic carbocycles. The van der Waals surface area contributed by atoms with E-state index in [4.69, 9.17) is 10.2 Å². The zero-order chi connectivity index (χ0) is 14.7. The van der Waals surface area contributed by atoms with E-state index in [1.807, 2.05) is 60.7 Å². The molecule has 0 bridgehead atoms. The Kier molecular flexibility index (Phi) is 3.51. The number of rotatable bonds is 4. The van der Waals surface area contributed by atoms with Gasteiger partial charge in [0.25, 0.3) is 0 Å². The summed E-state index contributed by atoms with van der Waals surface area (Å²) in [6.45, 7) is 0. The van der Waals surface area contributed by atoms with Crippen molar-refractivity contribution in [2.75, 3.05) is 0 Å². The Balaban J connectivity index is 2.13. The second-order valence-corrected chi connectivity index (χ2v) is 4.66. The summed E-state index contributed by atoms with van der Waals surface area (Å²) in [6, 6.07) is 19.4. The van der Waals surface area contributed by atoms with Crippen molar-refractivity contribution in [2.24, 2.45) is 5.73 Å². The third-order valence-corrected chi connectivity index (χ3v) is 3.08. The molecule has 0 radical (unpaired) electrons. The highest BCUT2D eigenvalue weighted by atomic mass is 16.4. The van der Waals surface area contributed by atoms with E-state index in [0.717, 1.165) is 16.8 Å². The minimum Gasteiger partial charge on any atom is -0.439 e. The highest BCUT2D eigenvalue weighted by Gasteiger charge is 2.17. The lowest BCUT2D eigenvalue weighted by Crippen LogP contribution is -2.13. The minimum atomic E-state index is -0.463. The van der Waals surface area contributed by atoms with Gasteiger partial charge in [0.15, 0.2) is 5.76 Å². The minimum absolute atomic E-state index is 0.00727. The summed E-state index contributed by atoms with van der Waals surface area (Å²) >= 11 is 0. The fourth-order valence-corrected chi connectivity index (χ4v) is 2.17. The van der Waals surface area contributed by atoms with Crippen LogP contribution in [0.2, 0.25) is 0 Å². The molecule has 4 heteroatoms. The van der Waals surface area contributed by atoms with Gasteiger partial charge in [-0.2, -0.15) is 0 Å². The smallest absolute Gasteiger partial charge is 0.226 e. The van der Waals surface area contributed by atoms with Crippen molar-refractivity contribution in [1.82, 2.24) is 4.98 Å². The topological polar surface area (TPSA) is 69.1 Å². The van der Waals surface area contributed by atoms with Gasteiger partial charge in [-0.3, -0.25) is 4.79 Å². The molecule has 0 fully saturated rings. The fourth-order valence-electron chi connectivity index (χ4n) is 2.17. The molecule has 0 atom stereocenters. The summed E-state index contributed by atoms with van der Waals surface area (Å²) in [5.74, 6) is 0.522. The zero-order valence-corrected chi connectivity index (χ0v) is 11.3. The molecule has 0 unspecified atom stereocenters. The van der Waals surface area contributed by atoms with E-state index in [-0.39, 0.29) is 6.42 Å². The number of aromatic nitrogens is 1. The predicted molar refractivity (Wildman–Crippen MR) is 80.3 cm³/mol. The second kappa shape index (κ2) is 5.63. The van der Waals surface area contributed by atoms with Crippen LogP contribution >= 0.6 is 0 Å². The Morgan fingerprint density at radius 1 is 0.952 bits per heavy atom. The number of amides is 1. The lowest BCUT2D eigenvalue weighted by Gasteiger charge is -2.00. The van der Waals surface area contributed by atoms with Gasteiger partial charge >= 0.3 is 0 Å². The molecule has 2 N–H and O–H groups in total. The number of oxazole rings is 1. The van der Waals surface area contributed by atoms with Gasteiger partial charge in [-0.15, -0.1) is 0 Å². The maximum absolute atomic E-state index is 11.1. The molecular formula is C17H14N2O2. The molecular weight excluding hydrogens is 264 g/mol. The van der Waals surface area contributed by atoms with Crippen LogP contribution in [0, 0.1) is 0 Å². The third-order valence-electron chi connectivity index (χ3n) is 3.08. The van der Waals surface area contributed by atoms with Crippen LogP contribution in [0.15, 0.2) is 65.1 Å². The van der Waals surface area contributed by atoms with E-state index in [9.17, 15) is 4.79 Å². The van der Waals surface area contributed by atoms with Crippen molar-refractivity contribution in [2.45, 2.75) is 6.42 Å². The van der Waals surface area contributed by atoms with E-state index in [1.165, 1.54) is 0 Å². The van der Waals surface area contributed by atoms with Crippen molar-refractivity contribution in [1.29, 1.82) is 0 Å². The average molecular weight is 278 g/mol. The van der Waals surface area contributed by atoms with E-state index < -0.39 is 5.91 Å². The first-order valence-corrected chi connectivity index (χ1v) is 6.63. The predicted octanol–water partition coefficient (Wildman–Crippen LogP) is 3.04. The highest BCUT2D eigenvalue weighted by Crippen LogP contribution is 2.32. The number of primary amides is 1. The van der Waals surface area contributed by atoms with Crippen LogP contribution < -0.4 is 5.73 Å². The van der Waals surface area contributed by atoms with Gasteiger partial charge < -0.3 is 10.2 Å². The Morgan fingerprint density at radius 3 is 2.10 bits per heavy atom. The molecule has 21 heavy (non-hydrogen) atoms. The van der Waals surface area contributed by atoms with Crippen LogP contribution in [0.3, 0.4) is 0 Å². The first kappa shape index (κ1) is 13.1. The first-order chi connectivity index (χ1) is 10.2. The summed E-state index contributed by atoms with van der Waals surface area (Å²) in [4.78, 5) is 15.5. The van der Waals surface area contributed by atoms with Gasteiger partial charge in [0.2, 0.25) is 11.8 Å². The van der Waals surface area contributed by atoms with Crippen molar-refractivity contribution < 1.29 is 9.21 Å². The van der Waals surface area contributed by atoms with Crippen LogP contribution in [0.1, 0.15) is 5.89 Å². The molecule has 0 saturated heterocycles. The standard InChI is InChI=1S/C17H14N2O2/c18-14(20)11-15-19-16(12-7-3-1-4-8-12)17(21-15)13-9-5-2-6-10-13/h1-10H,11H2,(H2,18,20). The number of nitrogens with two attached hydrogens (primary N) is 1. The van der Waals surface area contributed by atoms with Crippen LogP contribution in [0.5, 0.6) is 0 Å². The molecule has 3 aromatic rings. The highest BCUT2D eigenvalue weighted by molar-refractivity contribution is 5.79. The SMILES string of the molecule is NC(=O)Cc1nc(-c2ccccc2)c(-c2ccccc2)o1. The maximum atomic E-state index is 11.1. The van der Waals surface area contributed by atoms with Crippen molar-refractivity contribution in [3.05, 3.63) is 66.6 Å². The zero-order valence-electron chi connectivity index (χ0n) is 11.3. The molecule has 104 valence electrons. The number of benzene rings is 2. The van der Waals surface area contributed by atoms with Gasteiger partial charge in [-0.25, -0.2) is 4.98 Å². The number of carbonyl (C=O) groups is 1. The summed E-state index contributed by atoms with van der Waals surface area (Å²) in [7, 11) is 0. The van der Waals surface area contributed by atoms with Crippen molar-refractivity contribution in [3.8, 4) is 22.6 Å². The molecule has 0 spiro atoms. The molecule has 3 rings (SSSR count). The summed E-state index contributed by atoms with van der Waals surface area (Å²) < 4.78 is 5.75. The van der Waals surface area contributed by atoms with E-state index >= 15 is 0 Å². The molecule has 0 saturated carbocycles. The Hall–Kier alpha value is -2.88. The van der Waals surface area contributed by atoms with Crippen LogP contribution in [0.4, 0.5) is 0 Å². The first-order valence-electron chi connectivity index (χ1n) is 6.63. The van der Waals surface area contributed by atoms with Crippen molar-refractivity contribution >= 4 is 5.91 Å². The number of nitrogens with zero attached hydrogens (tertiary/aromatic N) is 1. The van der Waals surface area contributed by atoms with Gasteiger partial charge in [0, 0.05) is 11.1 Å². The quantitative estimate of drug-likeness (QED) is 0.797. The largest absolute Gasteiger partial charge is 0.439 e.